The fraction of sp³-hybridized carbons (Fsp3) is 0.188. The maximum atomic E-state index is 11.9. The van der Waals surface area contributed by atoms with E-state index in [9.17, 15) is 4.79 Å². The second kappa shape index (κ2) is 8.39. The van der Waals surface area contributed by atoms with Gasteiger partial charge < -0.3 is 10.6 Å². The summed E-state index contributed by atoms with van der Waals surface area (Å²) in [4.78, 5) is 11.9. The Morgan fingerprint density at radius 3 is 2.23 bits per heavy atom. The zero-order chi connectivity index (χ0) is 15.9. The molecule has 0 unspecified atom stereocenters. The molecule has 116 valence electrons. The van der Waals surface area contributed by atoms with Crippen molar-refractivity contribution >= 4 is 46.4 Å². The Balaban J connectivity index is 1.75. The molecule has 1 amide bonds. The van der Waals surface area contributed by atoms with Gasteiger partial charge in [0.15, 0.2) is 0 Å². The standard InChI is InChI=1S/C16H15Cl3N2O/c17-12-6-4-11(5-7-12)8-9-20-10-15(22)21-16-13(18)2-1-3-14(16)19/h1-7,20H,8-10H2,(H,21,22). The third kappa shape index (κ3) is 5.18. The van der Waals surface area contributed by atoms with Crippen molar-refractivity contribution in [2.45, 2.75) is 6.42 Å². The number of carbonyl (C=O) groups is 1. The average Bonchev–Trinajstić information content (AvgIpc) is 2.49. The highest BCUT2D eigenvalue weighted by Crippen LogP contribution is 2.29. The van der Waals surface area contributed by atoms with E-state index >= 15 is 0 Å². The summed E-state index contributed by atoms with van der Waals surface area (Å²) in [6.45, 7) is 0.875. The highest BCUT2D eigenvalue weighted by Gasteiger charge is 2.08. The van der Waals surface area contributed by atoms with E-state index in [0.29, 0.717) is 27.3 Å². The van der Waals surface area contributed by atoms with Crippen molar-refractivity contribution in [3.8, 4) is 0 Å². The first kappa shape index (κ1) is 17.1. The summed E-state index contributed by atoms with van der Waals surface area (Å²) in [5, 5.41) is 7.33. The third-order valence-corrected chi connectivity index (χ3v) is 3.90. The molecular formula is C16H15Cl3N2O. The van der Waals surface area contributed by atoms with Crippen molar-refractivity contribution in [1.82, 2.24) is 5.32 Å². The molecule has 2 N–H and O–H groups in total. The summed E-state index contributed by atoms with van der Waals surface area (Å²) in [6, 6.07) is 12.7. The Labute approximate surface area is 144 Å². The Bertz CT molecular complexity index is 624. The van der Waals surface area contributed by atoms with Crippen LogP contribution in [0.2, 0.25) is 15.1 Å². The maximum absolute atomic E-state index is 11.9. The van der Waals surface area contributed by atoms with E-state index in [-0.39, 0.29) is 12.5 Å². The lowest BCUT2D eigenvalue weighted by Gasteiger charge is -2.10. The minimum absolute atomic E-state index is 0.189. The zero-order valence-corrected chi connectivity index (χ0v) is 14.0. The lowest BCUT2D eigenvalue weighted by molar-refractivity contribution is -0.115. The highest BCUT2D eigenvalue weighted by molar-refractivity contribution is 6.39. The largest absolute Gasteiger partial charge is 0.322 e. The number of hydrogen-bond donors (Lipinski definition) is 2. The van der Waals surface area contributed by atoms with Crippen molar-refractivity contribution in [2.75, 3.05) is 18.4 Å². The van der Waals surface area contributed by atoms with E-state index in [2.05, 4.69) is 10.6 Å². The minimum Gasteiger partial charge on any atom is -0.322 e. The Kier molecular flexibility index (Phi) is 6.52. The third-order valence-electron chi connectivity index (χ3n) is 3.02. The molecule has 2 rings (SSSR count). The predicted octanol–water partition coefficient (Wildman–Crippen LogP) is 4.42. The van der Waals surface area contributed by atoms with Crippen LogP contribution in [0.25, 0.3) is 0 Å². The number of halogens is 3. The monoisotopic (exact) mass is 356 g/mol. The SMILES string of the molecule is O=C(CNCCc1ccc(Cl)cc1)Nc1c(Cl)cccc1Cl. The average molecular weight is 358 g/mol. The second-order valence-corrected chi connectivity index (χ2v) is 5.95. The number of nitrogens with one attached hydrogen (secondary N) is 2. The van der Waals surface area contributed by atoms with Gasteiger partial charge in [0.2, 0.25) is 5.91 Å². The van der Waals surface area contributed by atoms with Crippen LogP contribution in [0.15, 0.2) is 42.5 Å². The van der Waals surface area contributed by atoms with Crippen LogP contribution in [0.4, 0.5) is 5.69 Å². The molecule has 0 saturated carbocycles. The first-order valence-electron chi connectivity index (χ1n) is 6.75. The molecule has 0 aliphatic carbocycles. The van der Waals surface area contributed by atoms with Gasteiger partial charge in [0.25, 0.3) is 0 Å². The van der Waals surface area contributed by atoms with E-state index in [4.69, 9.17) is 34.8 Å². The summed E-state index contributed by atoms with van der Waals surface area (Å²) in [5.41, 5.74) is 1.60. The van der Waals surface area contributed by atoms with E-state index in [1.807, 2.05) is 24.3 Å². The Morgan fingerprint density at radius 2 is 1.59 bits per heavy atom. The molecule has 0 saturated heterocycles. The van der Waals surface area contributed by atoms with Crippen LogP contribution in [0.3, 0.4) is 0 Å². The van der Waals surface area contributed by atoms with Gasteiger partial charge in [-0.1, -0.05) is 53.0 Å². The summed E-state index contributed by atoms with van der Waals surface area (Å²) < 4.78 is 0. The van der Waals surface area contributed by atoms with Crippen molar-refractivity contribution in [3.63, 3.8) is 0 Å². The molecule has 0 spiro atoms. The van der Waals surface area contributed by atoms with Crippen LogP contribution < -0.4 is 10.6 Å². The number of para-hydroxylation sites is 1. The van der Waals surface area contributed by atoms with E-state index in [1.165, 1.54) is 0 Å². The fourth-order valence-electron chi connectivity index (χ4n) is 1.89. The van der Waals surface area contributed by atoms with Gasteiger partial charge in [-0.05, 0) is 42.8 Å². The number of benzene rings is 2. The fourth-order valence-corrected chi connectivity index (χ4v) is 2.50. The van der Waals surface area contributed by atoms with Crippen LogP contribution in [0.5, 0.6) is 0 Å². The smallest absolute Gasteiger partial charge is 0.238 e. The number of hydrogen-bond acceptors (Lipinski definition) is 2. The first-order chi connectivity index (χ1) is 10.6. The molecule has 6 heteroatoms. The Hall–Kier alpha value is -1.26. The molecular weight excluding hydrogens is 343 g/mol. The molecule has 0 aliphatic rings. The quantitative estimate of drug-likeness (QED) is 0.752. The molecule has 22 heavy (non-hydrogen) atoms. The summed E-state index contributed by atoms with van der Waals surface area (Å²) in [6.07, 6.45) is 0.817. The molecule has 0 fully saturated rings. The molecule has 2 aromatic carbocycles. The molecule has 0 bridgehead atoms. The number of rotatable bonds is 6. The van der Waals surface area contributed by atoms with Crippen LogP contribution >= 0.6 is 34.8 Å². The maximum Gasteiger partial charge on any atom is 0.238 e. The Morgan fingerprint density at radius 1 is 0.955 bits per heavy atom. The van der Waals surface area contributed by atoms with Crippen LogP contribution in [0, 0.1) is 0 Å². The lowest BCUT2D eigenvalue weighted by Crippen LogP contribution is -2.29. The number of carbonyl (C=O) groups excluding carboxylic acids is 1. The molecule has 0 atom stereocenters. The molecule has 0 radical (unpaired) electrons. The number of anilines is 1. The van der Waals surface area contributed by atoms with Crippen molar-refractivity contribution in [3.05, 3.63) is 63.1 Å². The minimum atomic E-state index is -0.189. The van der Waals surface area contributed by atoms with E-state index < -0.39 is 0 Å². The van der Waals surface area contributed by atoms with Gasteiger partial charge in [0.1, 0.15) is 0 Å². The van der Waals surface area contributed by atoms with Crippen molar-refractivity contribution in [2.24, 2.45) is 0 Å². The molecule has 0 heterocycles. The highest BCUT2D eigenvalue weighted by atomic mass is 35.5. The first-order valence-corrected chi connectivity index (χ1v) is 7.88. The van der Waals surface area contributed by atoms with Gasteiger partial charge in [-0.3, -0.25) is 4.79 Å². The van der Waals surface area contributed by atoms with Gasteiger partial charge in [-0.15, -0.1) is 0 Å². The van der Waals surface area contributed by atoms with Crippen LogP contribution in [-0.2, 0) is 11.2 Å². The second-order valence-electron chi connectivity index (χ2n) is 4.70. The van der Waals surface area contributed by atoms with Crippen molar-refractivity contribution < 1.29 is 4.79 Å². The van der Waals surface area contributed by atoms with E-state index in [1.54, 1.807) is 18.2 Å². The lowest BCUT2D eigenvalue weighted by atomic mass is 10.1. The molecule has 3 nitrogen and oxygen atoms in total. The van der Waals surface area contributed by atoms with Crippen molar-refractivity contribution in [1.29, 1.82) is 0 Å². The number of amides is 1. The van der Waals surface area contributed by atoms with Gasteiger partial charge in [0, 0.05) is 5.02 Å². The molecule has 2 aromatic rings. The van der Waals surface area contributed by atoms with E-state index in [0.717, 1.165) is 12.0 Å². The van der Waals surface area contributed by atoms with Gasteiger partial charge in [-0.2, -0.15) is 0 Å². The molecule has 0 aliphatic heterocycles. The molecule has 0 aromatic heterocycles. The summed E-state index contributed by atoms with van der Waals surface area (Å²) in [7, 11) is 0. The zero-order valence-electron chi connectivity index (χ0n) is 11.7. The summed E-state index contributed by atoms with van der Waals surface area (Å²) >= 11 is 17.8. The normalized spacial score (nSPS) is 10.5. The predicted molar refractivity (Wildman–Crippen MR) is 93.1 cm³/mol. The topological polar surface area (TPSA) is 41.1 Å². The van der Waals surface area contributed by atoms with Crippen LogP contribution in [0.1, 0.15) is 5.56 Å². The van der Waals surface area contributed by atoms with Gasteiger partial charge in [0.05, 0.1) is 22.3 Å². The summed E-state index contributed by atoms with van der Waals surface area (Å²) in [5.74, 6) is -0.189. The van der Waals surface area contributed by atoms with Gasteiger partial charge in [-0.25, -0.2) is 0 Å². The van der Waals surface area contributed by atoms with Crippen LogP contribution in [-0.4, -0.2) is 19.0 Å². The van der Waals surface area contributed by atoms with Gasteiger partial charge >= 0.3 is 0 Å².